The number of benzene rings is 1. The number of rotatable bonds is 5. The van der Waals surface area contributed by atoms with Gasteiger partial charge in [-0.3, -0.25) is 0 Å². The molecule has 0 aliphatic rings. The highest BCUT2D eigenvalue weighted by Crippen LogP contribution is 2.14. The molecule has 1 aromatic carbocycles. The highest BCUT2D eigenvalue weighted by atomic mass is 79.9. The molecule has 0 heterocycles. The van der Waals surface area contributed by atoms with E-state index in [4.69, 9.17) is 11.6 Å². The maximum Gasteiger partial charge on any atom is 0.124 e. The maximum absolute atomic E-state index is 13.0. The van der Waals surface area contributed by atoms with Gasteiger partial charge in [0.2, 0.25) is 0 Å². The number of nitrogens with one attached hydrogen (secondary N) is 1. The van der Waals surface area contributed by atoms with Crippen molar-refractivity contribution in [2.75, 3.05) is 12.4 Å². The SMILES string of the molecule is CC(CCl)CNCc1cc(F)cc(Br)c1. The molecule has 0 amide bonds. The highest BCUT2D eigenvalue weighted by Gasteiger charge is 2.01. The molecule has 15 heavy (non-hydrogen) atoms. The van der Waals surface area contributed by atoms with Crippen LogP contribution in [0, 0.1) is 11.7 Å². The first kappa shape index (κ1) is 12.9. The Morgan fingerprint density at radius 3 is 2.80 bits per heavy atom. The molecule has 1 N–H and O–H groups in total. The predicted octanol–water partition coefficient (Wildman–Crippen LogP) is 3.55. The molecule has 1 aromatic rings. The Morgan fingerprint density at radius 2 is 2.20 bits per heavy atom. The van der Waals surface area contributed by atoms with E-state index < -0.39 is 0 Å². The zero-order valence-electron chi connectivity index (χ0n) is 8.56. The third-order valence-electron chi connectivity index (χ3n) is 2.01. The van der Waals surface area contributed by atoms with Crippen LogP contribution in [0.2, 0.25) is 0 Å². The minimum absolute atomic E-state index is 0.216. The zero-order valence-corrected chi connectivity index (χ0v) is 10.9. The van der Waals surface area contributed by atoms with Crippen LogP contribution < -0.4 is 5.32 Å². The Kier molecular flexibility index (Phi) is 5.58. The number of hydrogen-bond donors (Lipinski definition) is 1. The molecule has 0 aliphatic carbocycles. The predicted molar refractivity (Wildman–Crippen MR) is 65.7 cm³/mol. The third kappa shape index (κ3) is 4.96. The van der Waals surface area contributed by atoms with Crippen molar-refractivity contribution in [2.45, 2.75) is 13.5 Å². The van der Waals surface area contributed by atoms with Crippen LogP contribution in [0.25, 0.3) is 0 Å². The van der Waals surface area contributed by atoms with Crippen molar-refractivity contribution in [3.8, 4) is 0 Å². The zero-order chi connectivity index (χ0) is 11.3. The van der Waals surface area contributed by atoms with Crippen molar-refractivity contribution in [3.05, 3.63) is 34.1 Å². The molecule has 0 aromatic heterocycles. The Morgan fingerprint density at radius 1 is 1.47 bits per heavy atom. The summed E-state index contributed by atoms with van der Waals surface area (Å²) in [7, 11) is 0. The summed E-state index contributed by atoms with van der Waals surface area (Å²) in [5.74, 6) is 0.857. The second kappa shape index (κ2) is 6.46. The van der Waals surface area contributed by atoms with Crippen LogP contribution in [0.5, 0.6) is 0 Å². The van der Waals surface area contributed by atoms with Gasteiger partial charge in [-0.2, -0.15) is 0 Å². The van der Waals surface area contributed by atoms with Crippen LogP contribution in [-0.4, -0.2) is 12.4 Å². The number of alkyl halides is 1. The summed E-state index contributed by atoms with van der Waals surface area (Å²) in [4.78, 5) is 0. The quantitative estimate of drug-likeness (QED) is 0.819. The summed E-state index contributed by atoms with van der Waals surface area (Å²) >= 11 is 8.94. The van der Waals surface area contributed by atoms with Crippen LogP contribution >= 0.6 is 27.5 Å². The molecule has 0 radical (unpaired) electrons. The fourth-order valence-corrected chi connectivity index (χ4v) is 1.85. The van der Waals surface area contributed by atoms with E-state index in [1.807, 2.05) is 6.07 Å². The second-order valence-electron chi connectivity index (χ2n) is 3.67. The summed E-state index contributed by atoms with van der Waals surface area (Å²) < 4.78 is 13.8. The molecule has 0 saturated heterocycles. The minimum atomic E-state index is -0.216. The Balaban J connectivity index is 2.43. The molecule has 0 spiro atoms. The van der Waals surface area contributed by atoms with Crippen LogP contribution in [0.15, 0.2) is 22.7 Å². The lowest BCUT2D eigenvalue weighted by atomic mass is 10.2. The van der Waals surface area contributed by atoms with Crippen molar-refractivity contribution in [2.24, 2.45) is 5.92 Å². The van der Waals surface area contributed by atoms with E-state index in [-0.39, 0.29) is 5.82 Å². The first-order valence-corrected chi connectivity index (χ1v) is 6.16. The molecule has 0 aliphatic heterocycles. The summed E-state index contributed by atoms with van der Waals surface area (Å²) in [6, 6.07) is 4.88. The van der Waals surface area contributed by atoms with E-state index in [0.29, 0.717) is 18.3 Å². The summed E-state index contributed by atoms with van der Waals surface area (Å²) in [6.45, 7) is 3.58. The second-order valence-corrected chi connectivity index (χ2v) is 4.89. The topological polar surface area (TPSA) is 12.0 Å². The van der Waals surface area contributed by atoms with Gasteiger partial charge in [0, 0.05) is 16.9 Å². The van der Waals surface area contributed by atoms with Gasteiger partial charge >= 0.3 is 0 Å². The molecule has 1 nitrogen and oxygen atoms in total. The van der Waals surface area contributed by atoms with Crippen molar-refractivity contribution in [1.29, 1.82) is 0 Å². The van der Waals surface area contributed by atoms with Crippen molar-refractivity contribution < 1.29 is 4.39 Å². The van der Waals surface area contributed by atoms with Gasteiger partial charge in [-0.15, -0.1) is 11.6 Å². The molecule has 84 valence electrons. The lowest BCUT2D eigenvalue weighted by Crippen LogP contribution is -2.21. The maximum atomic E-state index is 13.0. The average Bonchev–Trinajstić information content (AvgIpc) is 2.16. The lowest BCUT2D eigenvalue weighted by molar-refractivity contribution is 0.554. The molecule has 1 atom stereocenters. The van der Waals surface area contributed by atoms with E-state index in [9.17, 15) is 4.39 Å². The van der Waals surface area contributed by atoms with Gasteiger partial charge in [-0.05, 0) is 36.2 Å². The highest BCUT2D eigenvalue weighted by molar-refractivity contribution is 9.10. The molecule has 0 saturated carbocycles. The normalized spacial score (nSPS) is 12.8. The first-order chi connectivity index (χ1) is 7.11. The van der Waals surface area contributed by atoms with Gasteiger partial charge < -0.3 is 5.32 Å². The largest absolute Gasteiger partial charge is 0.312 e. The Bertz CT molecular complexity index is 299. The molecule has 0 fully saturated rings. The van der Waals surface area contributed by atoms with Crippen LogP contribution in [0.4, 0.5) is 4.39 Å². The van der Waals surface area contributed by atoms with Gasteiger partial charge in [0.1, 0.15) is 5.82 Å². The van der Waals surface area contributed by atoms with Crippen LogP contribution in [-0.2, 0) is 6.54 Å². The fraction of sp³-hybridized carbons (Fsp3) is 0.455. The van der Waals surface area contributed by atoms with E-state index in [1.54, 1.807) is 0 Å². The Hall–Kier alpha value is -0.120. The smallest absolute Gasteiger partial charge is 0.124 e. The number of hydrogen-bond acceptors (Lipinski definition) is 1. The standard InChI is InChI=1S/C11H14BrClFN/c1-8(5-13)6-15-7-9-2-10(12)4-11(14)3-9/h2-4,8,15H,5-7H2,1H3. The summed E-state index contributed by atoms with van der Waals surface area (Å²) in [5.41, 5.74) is 0.934. The minimum Gasteiger partial charge on any atom is -0.312 e. The molecule has 4 heteroatoms. The fourth-order valence-electron chi connectivity index (χ4n) is 1.23. The number of halogens is 3. The van der Waals surface area contributed by atoms with E-state index in [2.05, 4.69) is 28.2 Å². The third-order valence-corrected chi connectivity index (χ3v) is 2.99. The average molecular weight is 295 g/mol. The Labute approximate surface area is 103 Å². The van der Waals surface area contributed by atoms with Crippen molar-refractivity contribution in [1.82, 2.24) is 5.32 Å². The van der Waals surface area contributed by atoms with Crippen molar-refractivity contribution in [3.63, 3.8) is 0 Å². The molecular weight excluding hydrogens is 280 g/mol. The van der Waals surface area contributed by atoms with E-state index >= 15 is 0 Å². The monoisotopic (exact) mass is 293 g/mol. The van der Waals surface area contributed by atoms with Gasteiger partial charge in [0.15, 0.2) is 0 Å². The van der Waals surface area contributed by atoms with Gasteiger partial charge in [-0.1, -0.05) is 22.9 Å². The van der Waals surface area contributed by atoms with Gasteiger partial charge in [0.25, 0.3) is 0 Å². The van der Waals surface area contributed by atoms with Crippen LogP contribution in [0.3, 0.4) is 0 Å². The van der Waals surface area contributed by atoms with E-state index in [0.717, 1.165) is 16.6 Å². The molecule has 1 unspecified atom stereocenters. The van der Waals surface area contributed by atoms with Crippen molar-refractivity contribution >= 4 is 27.5 Å². The van der Waals surface area contributed by atoms with Crippen LogP contribution in [0.1, 0.15) is 12.5 Å². The van der Waals surface area contributed by atoms with Gasteiger partial charge in [-0.25, -0.2) is 4.39 Å². The molecule has 1 rings (SSSR count). The molecular formula is C11H14BrClFN. The molecule has 0 bridgehead atoms. The lowest BCUT2D eigenvalue weighted by Gasteiger charge is -2.09. The van der Waals surface area contributed by atoms with E-state index in [1.165, 1.54) is 12.1 Å². The summed E-state index contributed by atoms with van der Waals surface area (Å²) in [5, 5.41) is 3.23. The first-order valence-electron chi connectivity index (χ1n) is 4.83. The van der Waals surface area contributed by atoms with Gasteiger partial charge in [0.05, 0.1) is 0 Å². The summed E-state index contributed by atoms with van der Waals surface area (Å²) in [6.07, 6.45) is 0.